The lowest BCUT2D eigenvalue weighted by Gasteiger charge is -2.28. The molecule has 0 fully saturated rings. The normalized spacial score (nSPS) is 14.1. The summed E-state index contributed by atoms with van der Waals surface area (Å²) in [4.78, 5) is 13.0. The van der Waals surface area contributed by atoms with Crippen molar-refractivity contribution in [2.75, 3.05) is 15.9 Å². The lowest BCUT2D eigenvalue weighted by atomic mass is 10.0. The largest absolute Gasteiger partial charge is 0.324 e. The second kappa shape index (κ2) is 6.95. The van der Waals surface area contributed by atoms with E-state index in [1.165, 1.54) is 16.5 Å². The van der Waals surface area contributed by atoms with Crippen LogP contribution in [0.4, 0.5) is 11.4 Å². The van der Waals surface area contributed by atoms with Crippen molar-refractivity contribution in [3.05, 3.63) is 71.8 Å². The highest BCUT2D eigenvalue weighted by molar-refractivity contribution is 7.92. The smallest absolute Gasteiger partial charge is 0.248 e. The van der Waals surface area contributed by atoms with E-state index >= 15 is 0 Å². The van der Waals surface area contributed by atoms with Gasteiger partial charge in [0.05, 0.1) is 11.9 Å². The van der Waals surface area contributed by atoms with Crippen molar-refractivity contribution in [1.82, 2.24) is 0 Å². The van der Waals surface area contributed by atoms with Gasteiger partial charge in [-0.2, -0.15) is 0 Å². The third-order valence-corrected chi connectivity index (χ3v) is 6.48. The molecular weight excluding hydrogens is 372 g/mol. The number of nitrogens with one attached hydrogen (secondary N) is 1. The molecular formula is C22H22N2O3S. The highest BCUT2D eigenvalue weighted by Crippen LogP contribution is 2.35. The number of hydrogen-bond donors (Lipinski definition) is 1. The van der Waals surface area contributed by atoms with E-state index in [0.29, 0.717) is 11.4 Å². The van der Waals surface area contributed by atoms with Gasteiger partial charge in [0.1, 0.15) is 6.04 Å². The molecule has 0 spiro atoms. The van der Waals surface area contributed by atoms with Gasteiger partial charge in [-0.25, -0.2) is 8.42 Å². The van der Waals surface area contributed by atoms with Crippen LogP contribution >= 0.6 is 0 Å². The molecule has 28 heavy (non-hydrogen) atoms. The Morgan fingerprint density at radius 3 is 2.32 bits per heavy atom. The fraction of sp³-hybridized carbons (Fsp3) is 0.227. The zero-order valence-corrected chi connectivity index (χ0v) is 16.7. The monoisotopic (exact) mass is 394 g/mol. The van der Waals surface area contributed by atoms with Crippen molar-refractivity contribution < 1.29 is 13.2 Å². The van der Waals surface area contributed by atoms with Crippen LogP contribution in [-0.2, 0) is 27.7 Å². The van der Waals surface area contributed by atoms with Crippen LogP contribution in [0, 0.1) is 0 Å². The van der Waals surface area contributed by atoms with Crippen LogP contribution in [0.2, 0.25) is 0 Å². The maximum absolute atomic E-state index is 13.0. The molecule has 1 N–H and O–H groups in total. The van der Waals surface area contributed by atoms with E-state index in [9.17, 15) is 13.2 Å². The first-order chi connectivity index (χ1) is 13.4. The van der Waals surface area contributed by atoms with Crippen molar-refractivity contribution in [2.24, 2.45) is 0 Å². The Hall–Kier alpha value is -2.86. The van der Waals surface area contributed by atoms with E-state index in [-0.39, 0.29) is 5.91 Å². The van der Waals surface area contributed by atoms with Crippen LogP contribution in [0.3, 0.4) is 0 Å². The summed E-state index contributed by atoms with van der Waals surface area (Å²) in [7, 11) is -3.63. The first-order valence-electron chi connectivity index (χ1n) is 9.25. The molecule has 0 saturated heterocycles. The topological polar surface area (TPSA) is 66.5 Å². The molecule has 3 aromatic carbocycles. The van der Waals surface area contributed by atoms with E-state index in [2.05, 4.69) is 11.4 Å². The van der Waals surface area contributed by atoms with Crippen LogP contribution < -0.4 is 9.62 Å². The molecule has 0 aliphatic heterocycles. The van der Waals surface area contributed by atoms with Crippen LogP contribution in [-0.4, -0.2) is 26.6 Å². The maximum Gasteiger partial charge on any atom is 0.248 e. The maximum atomic E-state index is 13.0. The highest BCUT2D eigenvalue weighted by atomic mass is 32.2. The van der Waals surface area contributed by atoms with Crippen molar-refractivity contribution >= 4 is 38.1 Å². The Morgan fingerprint density at radius 1 is 0.964 bits per heavy atom. The summed E-state index contributed by atoms with van der Waals surface area (Å²) in [6.45, 7) is 1.60. The SMILES string of the molecule is CC(C(=O)Nc1ccc2c3c(cccc13)CC2)N(c1ccccc1)S(C)(=O)=O. The zero-order valence-electron chi connectivity index (χ0n) is 15.8. The summed E-state index contributed by atoms with van der Waals surface area (Å²) in [5.74, 6) is -0.368. The van der Waals surface area contributed by atoms with Crippen molar-refractivity contribution in [3.8, 4) is 0 Å². The number of para-hydroxylation sites is 1. The molecule has 5 nitrogen and oxygen atoms in total. The van der Waals surface area contributed by atoms with Crippen molar-refractivity contribution in [2.45, 2.75) is 25.8 Å². The van der Waals surface area contributed by atoms with Crippen molar-refractivity contribution in [3.63, 3.8) is 0 Å². The van der Waals surface area contributed by atoms with Crippen LogP contribution in [0.25, 0.3) is 10.8 Å². The number of nitrogens with zero attached hydrogens (tertiary/aromatic N) is 1. The van der Waals surface area contributed by atoms with Gasteiger partial charge in [0.25, 0.3) is 0 Å². The Bertz CT molecular complexity index is 1150. The Labute approximate surface area is 165 Å². The van der Waals surface area contributed by atoms with E-state index in [1.807, 2.05) is 24.3 Å². The van der Waals surface area contributed by atoms with E-state index in [4.69, 9.17) is 0 Å². The van der Waals surface area contributed by atoms with Gasteiger partial charge in [-0.3, -0.25) is 9.10 Å². The Kier molecular flexibility index (Phi) is 4.59. The van der Waals surface area contributed by atoms with Crippen LogP contribution in [0.1, 0.15) is 18.1 Å². The molecule has 1 unspecified atom stereocenters. The molecule has 0 saturated carbocycles. The second-order valence-corrected chi connectivity index (χ2v) is 9.03. The molecule has 1 atom stereocenters. The minimum atomic E-state index is -3.63. The summed E-state index contributed by atoms with van der Waals surface area (Å²) < 4.78 is 25.9. The first-order valence-corrected chi connectivity index (χ1v) is 11.1. The number of benzene rings is 3. The second-order valence-electron chi connectivity index (χ2n) is 7.17. The molecule has 1 aliphatic carbocycles. The molecule has 0 bridgehead atoms. The van der Waals surface area contributed by atoms with Gasteiger partial charge in [-0.05, 0) is 54.5 Å². The predicted molar refractivity (Wildman–Crippen MR) is 113 cm³/mol. The number of hydrogen-bond acceptors (Lipinski definition) is 3. The van der Waals surface area contributed by atoms with Gasteiger partial charge in [-0.15, -0.1) is 0 Å². The molecule has 3 aromatic rings. The Morgan fingerprint density at radius 2 is 1.64 bits per heavy atom. The summed E-state index contributed by atoms with van der Waals surface area (Å²) in [6.07, 6.45) is 3.13. The number of amides is 1. The average Bonchev–Trinajstić information content (AvgIpc) is 3.08. The number of rotatable bonds is 5. The minimum absolute atomic E-state index is 0.368. The van der Waals surface area contributed by atoms with Gasteiger partial charge in [0, 0.05) is 11.1 Å². The third-order valence-electron chi connectivity index (χ3n) is 5.23. The quantitative estimate of drug-likeness (QED) is 0.717. The fourth-order valence-corrected chi connectivity index (χ4v) is 5.15. The standard InChI is InChI=1S/C22H22N2O3S/c1-15(24(28(2,26)27)18-8-4-3-5-9-18)22(25)23-20-14-13-17-12-11-16-7-6-10-19(20)21(16)17/h3-10,13-15H,11-12H2,1-2H3,(H,23,25). The molecule has 0 radical (unpaired) electrons. The van der Waals surface area contributed by atoms with E-state index < -0.39 is 16.1 Å². The summed E-state index contributed by atoms with van der Waals surface area (Å²) in [5.41, 5.74) is 3.76. The Balaban J connectivity index is 1.68. The first kappa shape index (κ1) is 18.5. The molecule has 1 aliphatic rings. The molecule has 144 valence electrons. The van der Waals surface area contributed by atoms with Crippen LogP contribution in [0.15, 0.2) is 60.7 Å². The number of carbonyl (C=O) groups is 1. The number of anilines is 2. The van der Waals surface area contributed by atoms with Crippen molar-refractivity contribution in [1.29, 1.82) is 0 Å². The highest BCUT2D eigenvalue weighted by Gasteiger charge is 2.29. The number of carbonyl (C=O) groups excluding carboxylic acids is 1. The van der Waals surface area contributed by atoms with Gasteiger partial charge in [0.2, 0.25) is 15.9 Å². The lowest BCUT2D eigenvalue weighted by molar-refractivity contribution is -0.116. The predicted octanol–water partition coefficient (Wildman–Crippen LogP) is 3.73. The molecule has 6 heteroatoms. The van der Waals surface area contributed by atoms with Crippen LogP contribution in [0.5, 0.6) is 0 Å². The van der Waals surface area contributed by atoms with E-state index in [1.54, 1.807) is 37.3 Å². The average molecular weight is 394 g/mol. The van der Waals surface area contributed by atoms with Gasteiger partial charge in [0.15, 0.2) is 0 Å². The fourth-order valence-electron chi connectivity index (χ4n) is 3.98. The zero-order chi connectivity index (χ0) is 19.9. The lowest BCUT2D eigenvalue weighted by Crippen LogP contribution is -2.45. The number of sulfonamides is 1. The van der Waals surface area contributed by atoms with Gasteiger partial charge in [-0.1, -0.05) is 42.5 Å². The van der Waals surface area contributed by atoms with E-state index in [0.717, 1.165) is 28.8 Å². The molecule has 0 heterocycles. The third kappa shape index (κ3) is 3.24. The minimum Gasteiger partial charge on any atom is -0.324 e. The summed E-state index contributed by atoms with van der Waals surface area (Å²) in [5, 5.41) is 5.15. The van der Waals surface area contributed by atoms with Gasteiger partial charge < -0.3 is 5.32 Å². The molecule has 0 aromatic heterocycles. The summed E-state index contributed by atoms with van der Waals surface area (Å²) in [6, 6.07) is 17.9. The number of aryl methyl sites for hydroxylation is 2. The summed E-state index contributed by atoms with van der Waals surface area (Å²) >= 11 is 0. The molecule has 4 rings (SSSR count). The molecule has 1 amide bonds. The van der Waals surface area contributed by atoms with Gasteiger partial charge >= 0.3 is 0 Å².